The van der Waals surface area contributed by atoms with Crippen LogP contribution < -0.4 is 0 Å². The summed E-state index contributed by atoms with van der Waals surface area (Å²) in [6.07, 6.45) is 1.04. The van der Waals surface area contributed by atoms with Gasteiger partial charge in [0.25, 0.3) is 0 Å². The third-order valence-electron chi connectivity index (χ3n) is 4.82. The maximum absolute atomic E-state index is 13.5. The predicted molar refractivity (Wildman–Crippen MR) is 86.5 cm³/mol. The molecule has 2 saturated heterocycles. The number of hydrogen-bond acceptors (Lipinski definition) is 3. The zero-order valence-electron chi connectivity index (χ0n) is 13.9. The van der Waals surface area contributed by atoms with E-state index in [1.807, 2.05) is 6.92 Å². The number of carbonyl (C=O) groups is 2. The Kier molecular flexibility index (Phi) is 5.14. The number of ether oxygens (including phenoxy) is 1. The maximum Gasteiger partial charge on any atom is 0.227 e. The third kappa shape index (κ3) is 3.59. The SMILES string of the molecule is CCN1C[C@H](C(=O)N2CC(OCc3ccccc3F)C2)CCC1=O. The largest absolute Gasteiger partial charge is 0.370 e. The smallest absolute Gasteiger partial charge is 0.227 e. The average molecular weight is 334 g/mol. The molecule has 2 amide bonds. The van der Waals surface area contributed by atoms with E-state index in [9.17, 15) is 14.0 Å². The van der Waals surface area contributed by atoms with Crippen LogP contribution in [0.25, 0.3) is 0 Å². The minimum Gasteiger partial charge on any atom is -0.370 e. The molecule has 130 valence electrons. The Hall–Kier alpha value is -1.95. The average Bonchev–Trinajstić information content (AvgIpc) is 2.55. The minimum atomic E-state index is -0.267. The van der Waals surface area contributed by atoms with E-state index in [4.69, 9.17) is 4.74 Å². The van der Waals surface area contributed by atoms with Crippen molar-refractivity contribution in [2.75, 3.05) is 26.2 Å². The van der Waals surface area contributed by atoms with Crippen molar-refractivity contribution in [1.29, 1.82) is 0 Å². The fourth-order valence-corrected chi connectivity index (χ4v) is 3.23. The van der Waals surface area contributed by atoms with Gasteiger partial charge in [-0.15, -0.1) is 0 Å². The zero-order chi connectivity index (χ0) is 17.1. The minimum absolute atomic E-state index is 0.0407. The summed E-state index contributed by atoms with van der Waals surface area (Å²) in [5.41, 5.74) is 0.534. The molecule has 0 aliphatic carbocycles. The lowest BCUT2D eigenvalue weighted by molar-refractivity contribution is -0.154. The summed E-state index contributed by atoms with van der Waals surface area (Å²) in [5, 5.41) is 0. The molecule has 2 fully saturated rings. The van der Waals surface area contributed by atoms with Crippen LogP contribution in [0.4, 0.5) is 4.39 Å². The van der Waals surface area contributed by atoms with Gasteiger partial charge in [-0.05, 0) is 19.4 Å². The highest BCUT2D eigenvalue weighted by molar-refractivity contribution is 5.84. The molecule has 2 aliphatic heterocycles. The van der Waals surface area contributed by atoms with E-state index >= 15 is 0 Å². The molecule has 1 aromatic rings. The molecule has 0 aromatic heterocycles. The van der Waals surface area contributed by atoms with Crippen molar-refractivity contribution >= 4 is 11.8 Å². The van der Waals surface area contributed by atoms with Crippen molar-refractivity contribution in [1.82, 2.24) is 9.80 Å². The van der Waals surface area contributed by atoms with Crippen molar-refractivity contribution in [3.63, 3.8) is 0 Å². The molecule has 24 heavy (non-hydrogen) atoms. The normalized spacial score (nSPS) is 21.8. The topological polar surface area (TPSA) is 49.9 Å². The van der Waals surface area contributed by atoms with Gasteiger partial charge < -0.3 is 14.5 Å². The maximum atomic E-state index is 13.5. The highest BCUT2D eigenvalue weighted by Gasteiger charge is 2.37. The number of benzene rings is 1. The number of nitrogens with zero attached hydrogens (tertiary/aromatic N) is 2. The van der Waals surface area contributed by atoms with Gasteiger partial charge >= 0.3 is 0 Å². The molecule has 0 spiro atoms. The fraction of sp³-hybridized carbons (Fsp3) is 0.556. The molecule has 5 nitrogen and oxygen atoms in total. The van der Waals surface area contributed by atoms with Crippen LogP contribution in [0.5, 0.6) is 0 Å². The van der Waals surface area contributed by atoms with Gasteiger partial charge in [-0.2, -0.15) is 0 Å². The summed E-state index contributed by atoms with van der Waals surface area (Å²) in [5.74, 6) is -0.130. The standard InChI is InChI=1S/C18H23FN2O3/c1-2-20-9-13(7-8-17(20)22)18(23)21-10-15(11-21)24-12-14-5-3-4-6-16(14)19/h3-6,13,15H,2,7-12H2,1H3/t13-/m1/s1. The molecule has 0 bridgehead atoms. The number of likely N-dealkylation sites (tertiary alicyclic amines) is 2. The van der Waals surface area contributed by atoms with Gasteiger partial charge in [-0.25, -0.2) is 4.39 Å². The molecule has 0 radical (unpaired) electrons. The highest BCUT2D eigenvalue weighted by atomic mass is 19.1. The molecule has 2 heterocycles. The number of carbonyl (C=O) groups excluding carboxylic acids is 2. The first-order chi connectivity index (χ1) is 11.6. The summed E-state index contributed by atoms with van der Waals surface area (Å²) in [4.78, 5) is 27.7. The Balaban J connectivity index is 1.44. The van der Waals surface area contributed by atoms with Crippen LogP contribution >= 0.6 is 0 Å². The van der Waals surface area contributed by atoms with Crippen LogP contribution in [0.2, 0.25) is 0 Å². The Morgan fingerprint density at radius 1 is 1.29 bits per heavy atom. The predicted octanol–water partition coefficient (Wildman–Crippen LogP) is 1.81. The van der Waals surface area contributed by atoms with Crippen molar-refractivity contribution in [2.45, 2.75) is 32.5 Å². The fourth-order valence-electron chi connectivity index (χ4n) is 3.23. The molecule has 0 unspecified atom stereocenters. The Bertz CT molecular complexity index is 616. The lowest BCUT2D eigenvalue weighted by atomic mass is 9.94. The van der Waals surface area contributed by atoms with Crippen LogP contribution in [0.15, 0.2) is 24.3 Å². The van der Waals surface area contributed by atoms with Crippen molar-refractivity contribution < 1.29 is 18.7 Å². The molecular weight excluding hydrogens is 311 g/mol. The van der Waals surface area contributed by atoms with Crippen LogP contribution in [0.3, 0.4) is 0 Å². The summed E-state index contributed by atoms with van der Waals surface area (Å²) >= 11 is 0. The van der Waals surface area contributed by atoms with E-state index in [1.54, 1.807) is 28.0 Å². The summed E-state index contributed by atoms with van der Waals surface area (Å²) in [6, 6.07) is 6.55. The van der Waals surface area contributed by atoms with Gasteiger partial charge in [-0.1, -0.05) is 18.2 Å². The van der Waals surface area contributed by atoms with E-state index in [0.717, 1.165) is 0 Å². The second-order valence-electron chi connectivity index (χ2n) is 6.44. The van der Waals surface area contributed by atoms with E-state index in [2.05, 4.69) is 0 Å². The number of halogens is 1. The molecule has 1 aromatic carbocycles. The van der Waals surface area contributed by atoms with Crippen LogP contribution in [-0.4, -0.2) is 53.9 Å². The van der Waals surface area contributed by atoms with Gasteiger partial charge in [0.1, 0.15) is 5.82 Å². The number of hydrogen-bond donors (Lipinski definition) is 0. The number of amides is 2. The van der Waals surface area contributed by atoms with Crippen molar-refractivity contribution in [3.05, 3.63) is 35.6 Å². The molecule has 0 saturated carbocycles. The number of rotatable bonds is 5. The van der Waals surface area contributed by atoms with Crippen LogP contribution in [-0.2, 0) is 20.9 Å². The molecular formula is C18H23FN2O3. The van der Waals surface area contributed by atoms with E-state index in [-0.39, 0.29) is 36.3 Å². The molecule has 0 N–H and O–H groups in total. The first kappa shape index (κ1) is 16.9. The molecule has 6 heteroatoms. The molecule has 2 aliphatic rings. The van der Waals surface area contributed by atoms with Crippen molar-refractivity contribution in [3.8, 4) is 0 Å². The first-order valence-corrected chi connectivity index (χ1v) is 8.50. The van der Waals surface area contributed by atoms with Crippen LogP contribution in [0, 0.1) is 11.7 Å². The zero-order valence-corrected chi connectivity index (χ0v) is 13.9. The Morgan fingerprint density at radius 3 is 2.75 bits per heavy atom. The van der Waals surface area contributed by atoms with Gasteiger partial charge in [0.2, 0.25) is 11.8 Å². The highest BCUT2D eigenvalue weighted by Crippen LogP contribution is 2.23. The van der Waals surface area contributed by atoms with Crippen molar-refractivity contribution in [2.24, 2.45) is 5.92 Å². The second kappa shape index (κ2) is 7.30. The molecule has 3 rings (SSSR count). The van der Waals surface area contributed by atoms with Gasteiger partial charge in [-0.3, -0.25) is 9.59 Å². The van der Waals surface area contributed by atoms with E-state index in [0.29, 0.717) is 44.6 Å². The quantitative estimate of drug-likeness (QED) is 0.825. The number of piperidine rings is 1. The summed E-state index contributed by atoms with van der Waals surface area (Å²) < 4.78 is 19.2. The lowest BCUT2D eigenvalue weighted by Gasteiger charge is -2.42. The van der Waals surface area contributed by atoms with Gasteiger partial charge in [0.05, 0.1) is 18.6 Å². The monoisotopic (exact) mass is 334 g/mol. The lowest BCUT2D eigenvalue weighted by Crippen LogP contribution is -2.58. The third-order valence-corrected chi connectivity index (χ3v) is 4.82. The molecule has 1 atom stereocenters. The summed E-state index contributed by atoms with van der Waals surface area (Å²) in [7, 11) is 0. The Morgan fingerprint density at radius 2 is 2.04 bits per heavy atom. The Labute approximate surface area is 141 Å². The van der Waals surface area contributed by atoms with E-state index in [1.165, 1.54) is 6.07 Å². The second-order valence-corrected chi connectivity index (χ2v) is 6.44. The summed E-state index contributed by atoms with van der Waals surface area (Å²) in [6.45, 7) is 4.41. The van der Waals surface area contributed by atoms with E-state index < -0.39 is 0 Å². The van der Waals surface area contributed by atoms with Gasteiger partial charge in [0.15, 0.2) is 0 Å². The van der Waals surface area contributed by atoms with Gasteiger partial charge in [0, 0.05) is 38.2 Å². The van der Waals surface area contributed by atoms with Crippen LogP contribution in [0.1, 0.15) is 25.3 Å². The first-order valence-electron chi connectivity index (χ1n) is 8.50.